The largest absolute Gasteiger partial charge is 0.491 e. The van der Waals surface area contributed by atoms with Crippen molar-refractivity contribution in [3.63, 3.8) is 0 Å². The number of hydrogen-bond acceptors (Lipinski definition) is 2. The molecule has 0 saturated heterocycles. The number of carbonyl (C=O) groups is 1. The third-order valence-electron chi connectivity index (χ3n) is 4.62. The molecule has 2 aliphatic rings. The minimum atomic E-state index is -0.308. The van der Waals surface area contributed by atoms with Gasteiger partial charge in [0.05, 0.1) is 18.3 Å². The maximum Gasteiger partial charge on any atom is 0.323 e. The van der Waals surface area contributed by atoms with Crippen LogP contribution in [0.4, 0.5) is 14.9 Å². The fourth-order valence-electron chi connectivity index (χ4n) is 3.51. The molecule has 1 N–H and O–H groups in total. The van der Waals surface area contributed by atoms with E-state index in [0.717, 1.165) is 34.5 Å². The monoisotopic (exact) mass is 326 g/mol. The van der Waals surface area contributed by atoms with Crippen LogP contribution in [0.3, 0.4) is 0 Å². The van der Waals surface area contributed by atoms with E-state index in [0.29, 0.717) is 6.61 Å². The molecule has 2 aromatic carbocycles. The number of hydrogen-bond donors (Lipinski definition) is 1. The van der Waals surface area contributed by atoms with Crippen LogP contribution in [0.1, 0.15) is 36.6 Å². The average molecular weight is 326 g/mol. The van der Waals surface area contributed by atoms with Crippen LogP contribution in [0.5, 0.6) is 5.75 Å². The number of carbonyl (C=O) groups excluding carboxylic acids is 1. The standard InChI is InChI=1S/C19H19FN2O2/c1-11(2)22-17-15(8-5-13-9-10-24-18(13)17)16(21-19(22)23)12-3-6-14(20)7-4-12/h3-8,11,16H,9-10H2,1-2H3,(H,21,23). The van der Waals surface area contributed by atoms with Crippen molar-refractivity contribution in [3.05, 3.63) is 58.9 Å². The molecular formula is C19H19FN2O2. The molecule has 0 aromatic heterocycles. The summed E-state index contributed by atoms with van der Waals surface area (Å²) in [6.45, 7) is 4.60. The molecule has 2 aromatic rings. The molecular weight excluding hydrogens is 307 g/mol. The second-order valence-corrected chi connectivity index (χ2v) is 6.49. The van der Waals surface area contributed by atoms with Crippen molar-refractivity contribution >= 4 is 11.7 Å². The summed E-state index contributed by atoms with van der Waals surface area (Å²) in [7, 11) is 0. The summed E-state index contributed by atoms with van der Waals surface area (Å²) >= 11 is 0. The molecule has 4 rings (SSSR count). The molecule has 2 heterocycles. The zero-order valence-corrected chi connectivity index (χ0v) is 13.7. The number of urea groups is 1. The quantitative estimate of drug-likeness (QED) is 0.912. The minimum Gasteiger partial charge on any atom is -0.491 e. The van der Waals surface area contributed by atoms with Gasteiger partial charge in [-0.2, -0.15) is 0 Å². The fraction of sp³-hybridized carbons (Fsp3) is 0.316. The predicted molar refractivity (Wildman–Crippen MR) is 90.0 cm³/mol. The van der Waals surface area contributed by atoms with Crippen LogP contribution in [-0.4, -0.2) is 18.7 Å². The minimum absolute atomic E-state index is 0.00798. The topological polar surface area (TPSA) is 41.6 Å². The van der Waals surface area contributed by atoms with Crippen LogP contribution < -0.4 is 15.0 Å². The van der Waals surface area contributed by atoms with E-state index in [2.05, 4.69) is 11.4 Å². The zero-order valence-electron chi connectivity index (χ0n) is 13.7. The van der Waals surface area contributed by atoms with Crippen molar-refractivity contribution in [2.45, 2.75) is 32.4 Å². The van der Waals surface area contributed by atoms with Crippen molar-refractivity contribution in [3.8, 4) is 5.75 Å². The summed E-state index contributed by atoms with van der Waals surface area (Å²) in [5, 5.41) is 3.04. The van der Waals surface area contributed by atoms with Crippen LogP contribution >= 0.6 is 0 Å². The van der Waals surface area contributed by atoms with Gasteiger partial charge in [0.25, 0.3) is 0 Å². The van der Waals surface area contributed by atoms with Gasteiger partial charge in [0, 0.05) is 18.0 Å². The molecule has 1 atom stereocenters. The lowest BCUT2D eigenvalue weighted by molar-refractivity contribution is 0.240. The van der Waals surface area contributed by atoms with Gasteiger partial charge in [-0.3, -0.25) is 4.90 Å². The van der Waals surface area contributed by atoms with E-state index in [-0.39, 0.29) is 23.9 Å². The molecule has 2 amide bonds. The Labute approximate surface area is 140 Å². The molecule has 0 radical (unpaired) electrons. The number of halogens is 1. The number of nitrogens with zero attached hydrogens (tertiary/aromatic N) is 1. The molecule has 4 nitrogen and oxygen atoms in total. The van der Waals surface area contributed by atoms with E-state index in [1.165, 1.54) is 12.1 Å². The first kappa shape index (κ1) is 15.0. The summed E-state index contributed by atoms with van der Waals surface area (Å²) in [5.74, 6) is 0.519. The van der Waals surface area contributed by atoms with Gasteiger partial charge in [0.1, 0.15) is 11.6 Å². The van der Waals surface area contributed by atoms with Gasteiger partial charge >= 0.3 is 6.03 Å². The van der Waals surface area contributed by atoms with E-state index < -0.39 is 0 Å². The van der Waals surface area contributed by atoms with Crippen molar-refractivity contribution in [1.29, 1.82) is 0 Å². The third-order valence-corrected chi connectivity index (χ3v) is 4.62. The fourth-order valence-corrected chi connectivity index (χ4v) is 3.51. The van der Waals surface area contributed by atoms with Crippen LogP contribution in [0, 0.1) is 5.82 Å². The molecule has 0 fully saturated rings. The van der Waals surface area contributed by atoms with Gasteiger partial charge < -0.3 is 10.1 Å². The summed E-state index contributed by atoms with van der Waals surface area (Å²) in [5.41, 5.74) is 3.81. The lowest BCUT2D eigenvalue weighted by atomic mass is 9.92. The molecule has 2 aliphatic heterocycles. The number of nitrogens with one attached hydrogen (secondary N) is 1. The second-order valence-electron chi connectivity index (χ2n) is 6.49. The van der Waals surface area contributed by atoms with Crippen molar-refractivity contribution in [1.82, 2.24) is 5.32 Å². The number of rotatable bonds is 2. The lowest BCUT2D eigenvalue weighted by Gasteiger charge is -2.38. The molecule has 124 valence electrons. The van der Waals surface area contributed by atoms with Crippen molar-refractivity contribution < 1.29 is 13.9 Å². The van der Waals surface area contributed by atoms with Gasteiger partial charge in [-0.05, 0) is 37.1 Å². The van der Waals surface area contributed by atoms with Crippen LogP contribution in [0.25, 0.3) is 0 Å². The highest BCUT2D eigenvalue weighted by Crippen LogP contribution is 2.45. The first-order chi connectivity index (χ1) is 11.6. The number of ether oxygens (including phenoxy) is 1. The van der Waals surface area contributed by atoms with Crippen LogP contribution in [0.15, 0.2) is 36.4 Å². The molecule has 0 saturated carbocycles. The molecule has 0 spiro atoms. The Morgan fingerprint density at radius 3 is 2.67 bits per heavy atom. The number of benzene rings is 2. The maximum absolute atomic E-state index is 13.3. The highest BCUT2D eigenvalue weighted by atomic mass is 19.1. The Bertz CT molecular complexity index is 802. The number of anilines is 1. The van der Waals surface area contributed by atoms with Crippen LogP contribution in [-0.2, 0) is 6.42 Å². The van der Waals surface area contributed by atoms with E-state index in [4.69, 9.17) is 4.74 Å². The highest BCUT2D eigenvalue weighted by Gasteiger charge is 2.37. The SMILES string of the molecule is CC(C)N1C(=O)NC(c2ccc(F)cc2)c2ccc3c(c21)OCC3. The van der Waals surface area contributed by atoms with E-state index in [1.807, 2.05) is 19.9 Å². The average Bonchev–Trinajstić information content (AvgIpc) is 3.03. The van der Waals surface area contributed by atoms with Crippen molar-refractivity contribution in [2.75, 3.05) is 11.5 Å². The number of amides is 2. The van der Waals surface area contributed by atoms with Gasteiger partial charge in [-0.25, -0.2) is 9.18 Å². The smallest absolute Gasteiger partial charge is 0.323 e. The Balaban J connectivity index is 1.90. The Kier molecular flexibility index (Phi) is 3.44. The first-order valence-corrected chi connectivity index (χ1v) is 8.20. The van der Waals surface area contributed by atoms with Crippen molar-refractivity contribution in [2.24, 2.45) is 0 Å². The summed E-state index contributed by atoms with van der Waals surface area (Å²) in [4.78, 5) is 14.5. The Morgan fingerprint density at radius 1 is 1.21 bits per heavy atom. The number of fused-ring (bicyclic) bond motifs is 3. The summed E-state index contributed by atoms with van der Waals surface area (Å²) in [6.07, 6.45) is 0.859. The van der Waals surface area contributed by atoms with Gasteiger partial charge in [0.15, 0.2) is 0 Å². The molecule has 24 heavy (non-hydrogen) atoms. The third kappa shape index (κ3) is 2.23. The Morgan fingerprint density at radius 2 is 1.96 bits per heavy atom. The molecule has 5 heteroatoms. The van der Waals surface area contributed by atoms with Gasteiger partial charge in [-0.15, -0.1) is 0 Å². The predicted octanol–water partition coefficient (Wildman–Crippen LogP) is 3.79. The van der Waals surface area contributed by atoms with E-state index in [1.54, 1.807) is 17.0 Å². The Hall–Kier alpha value is -2.56. The molecule has 1 unspecified atom stereocenters. The maximum atomic E-state index is 13.3. The lowest BCUT2D eigenvalue weighted by Crippen LogP contribution is -2.50. The van der Waals surface area contributed by atoms with E-state index >= 15 is 0 Å². The normalized spacial score (nSPS) is 18.9. The van der Waals surface area contributed by atoms with Gasteiger partial charge in [-0.1, -0.05) is 24.3 Å². The second kappa shape index (κ2) is 5.51. The van der Waals surface area contributed by atoms with E-state index in [9.17, 15) is 9.18 Å². The van der Waals surface area contributed by atoms with Gasteiger partial charge in [0.2, 0.25) is 0 Å². The summed E-state index contributed by atoms with van der Waals surface area (Å²) in [6, 6.07) is 9.91. The summed E-state index contributed by atoms with van der Waals surface area (Å²) < 4.78 is 19.1. The highest BCUT2D eigenvalue weighted by molar-refractivity contribution is 5.98. The molecule has 0 aliphatic carbocycles. The zero-order chi connectivity index (χ0) is 16.8. The molecule has 0 bridgehead atoms. The van der Waals surface area contributed by atoms with Crippen LogP contribution in [0.2, 0.25) is 0 Å². The first-order valence-electron chi connectivity index (χ1n) is 8.20.